The number of carbonyl (C=O) groups excluding carboxylic acids is 1. The molecule has 0 aliphatic carbocycles. The maximum atomic E-state index is 12.6. The average Bonchev–Trinajstić information content (AvgIpc) is 3.12. The van der Waals surface area contributed by atoms with E-state index < -0.39 is 0 Å². The summed E-state index contributed by atoms with van der Waals surface area (Å²) in [6.07, 6.45) is 3.92. The van der Waals surface area contributed by atoms with E-state index >= 15 is 0 Å². The first kappa shape index (κ1) is 15.8. The van der Waals surface area contributed by atoms with Gasteiger partial charge in [-0.25, -0.2) is 0 Å². The number of hydrogen-bond donors (Lipinski definition) is 1. The van der Waals surface area contributed by atoms with Crippen LogP contribution in [0.25, 0.3) is 5.69 Å². The normalized spacial score (nSPS) is 10.6. The van der Waals surface area contributed by atoms with Crippen molar-refractivity contribution in [2.75, 3.05) is 6.54 Å². The van der Waals surface area contributed by atoms with Gasteiger partial charge in [-0.1, -0.05) is 12.1 Å². The zero-order chi connectivity index (χ0) is 16.9. The molecule has 0 saturated heterocycles. The number of aromatic nitrogens is 5. The predicted octanol–water partition coefficient (Wildman–Crippen LogP) is 1.65. The minimum atomic E-state index is -0.153. The Labute approximate surface area is 139 Å². The predicted molar refractivity (Wildman–Crippen MR) is 88.9 cm³/mol. The second kappa shape index (κ2) is 6.99. The summed E-state index contributed by atoms with van der Waals surface area (Å²) in [5.74, 6) is -0.153. The van der Waals surface area contributed by atoms with Gasteiger partial charge in [-0.2, -0.15) is 4.68 Å². The molecule has 1 aromatic carbocycles. The van der Waals surface area contributed by atoms with Crippen LogP contribution in [-0.2, 0) is 6.42 Å². The summed E-state index contributed by atoms with van der Waals surface area (Å²) in [5, 5.41) is 14.2. The van der Waals surface area contributed by atoms with Crippen LogP contribution in [0.5, 0.6) is 0 Å². The number of nitrogens with one attached hydrogen (secondary N) is 1. The van der Waals surface area contributed by atoms with Gasteiger partial charge < -0.3 is 5.32 Å². The summed E-state index contributed by atoms with van der Waals surface area (Å²) in [4.78, 5) is 16.9. The molecule has 2 aromatic heterocycles. The van der Waals surface area contributed by atoms with E-state index in [1.165, 1.54) is 11.0 Å². The highest BCUT2D eigenvalue weighted by atomic mass is 16.1. The number of nitrogens with zero attached hydrogens (tertiary/aromatic N) is 5. The molecule has 0 saturated carbocycles. The summed E-state index contributed by atoms with van der Waals surface area (Å²) in [5.41, 5.74) is 4.24. The van der Waals surface area contributed by atoms with E-state index in [0.29, 0.717) is 24.2 Å². The molecular weight excluding hydrogens is 304 g/mol. The largest absolute Gasteiger partial charge is 0.352 e. The van der Waals surface area contributed by atoms with Gasteiger partial charge in [-0.15, -0.1) is 5.10 Å². The molecule has 2 heterocycles. The Kier molecular flexibility index (Phi) is 4.60. The second-order valence-corrected chi connectivity index (χ2v) is 5.48. The van der Waals surface area contributed by atoms with Crippen LogP contribution in [0.1, 0.15) is 27.2 Å². The van der Waals surface area contributed by atoms with Crippen LogP contribution in [0, 0.1) is 13.8 Å². The monoisotopic (exact) mass is 322 g/mol. The number of rotatable bonds is 5. The van der Waals surface area contributed by atoms with Crippen LogP contribution >= 0.6 is 0 Å². The van der Waals surface area contributed by atoms with Gasteiger partial charge in [-0.3, -0.25) is 9.78 Å². The van der Waals surface area contributed by atoms with Crippen LogP contribution in [0.4, 0.5) is 0 Å². The number of benzene rings is 1. The lowest BCUT2D eigenvalue weighted by Crippen LogP contribution is -2.27. The second-order valence-electron chi connectivity index (χ2n) is 5.48. The fourth-order valence-electron chi connectivity index (χ4n) is 2.49. The Morgan fingerprint density at radius 3 is 2.79 bits per heavy atom. The molecule has 24 heavy (non-hydrogen) atoms. The molecule has 0 aliphatic heterocycles. The topological polar surface area (TPSA) is 85.6 Å². The molecule has 1 N–H and O–H groups in total. The van der Waals surface area contributed by atoms with Gasteiger partial charge in [-0.05, 0) is 53.6 Å². The summed E-state index contributed by atoms with van der Waals surface area (Å²) in [7, 11) is 0. The lowest BCUT2D eigenvalue weighted by atomic mass is 10.0. The van der Waals surface area contributed by atoms with Crippen LogP contribution in [0.15, 0.2) is 42.9 Å². The molecule has 7 heteroatoms. The molecule has 0 spiro atoms. The van der Waals surface area contributed by atoms with Crippen molar-refractivity contribution in [1.29, 1.82) is 0 Å². The molecule has 3 aromatic rings. The smallest absolute Gasteiger partial charge is 0.253 e. The lowest BCUT2D eigenvalue weighted by molar-refractivity contribution is 0.0954. The number of pyridine rings is 1. The molecule has 0 unspecified atom stereocenters. The summed E-state index contributed by atoms with van der Waals surface area (Å²) in [6.45, 7) is 4.46. The van der Waals surface area contributed by atoms with Crippen LogP contribution in [0.2, 0.25) is 0 Å². The highest BCUT2D eigenvalue weighted by Gasteiger charge is 2.17. The first-order valence-corrected chi connectivity index (χ1v) is 7.68. The molecule has 0 atom stereocenters. The van der Waals surface area contributed by atoms with Crippen molar-refractivity contribution in [2.24, 2.45) is 0 Å². The van der Waals surface area contributed by atoms with Gasteiger partial charge in [0, 0.05) is 24.9 Å². The highest BCUT2D eigenvalue weighted by molar-refractivity contribution is 5.98. The third-order valence-corrected chi connectivity index (χ3v) is 3.92. The molecule has 7 nitrogen and oxygen atoms in total. The van der Waals surface area contributed by atoms with Crippen molar-refractivity contribution in [2.45, 2.75) is 20.3 Å². The first-order chi connectivity index (χ1) is 11.7. The summed E-state index contributed by atoms with van der Waals surface area (Å²) in [6, 6.07) is 9.47. The minimum absolute atomic E-state index is 0.153. The van der Waals surface area contributed by atoms with Crippen molar-refractivity contribution in [3.05, 3.63) is 65.2 Å². The SMILES string of the molecule is Cc1ccc(C(=O)NCCc2ccccn2)c(-n2cnnn2)c1C. The minimum Gasteiger partial charge on any atom is -0.352 e. The zero-order valence-corrected chi connectivity index (χ0v) is 13.6. The summed E-state index contributed by atoms with van der Waals surface area (Å²) < 4.78 is 1.52. The van der Waals surface area contributed by atoms with Crippen molar-refractivity contribution < 1.29 is 4.79 Å². The van der Waals surface area contributed by atoms with Crippen LogP contribution in [-0.4, -0.2) is 37.6 Å². The Balaban J connectivity index is 1.79. The van der Waals surface area contributed by atoms with Crippen molar-refractivity contribution in [3.8, 4) is 5.69 Å². The Morgan fingerprint density at radius 1 is 1.21 bits per heavy atom. The Hall–Kier alpha value is -3.09. The third-order valence-electron chi connectivity index (χ3n) is 3.92. The maximum Gasteiger partial charge on any atom is 0.253 e. The van der Waals surface area contributed by atoms with Crippen molar-refractivity contribution in [3.63, 3.8) is 0 Å². The molecule has 3 rings (SSSR count). The Bertz CT molecular complexity index is 830. The van der Waals surface area contributed by atoms with E-state index in [2.05, 4.69) is 25.8 Å². The molecule has 0 bridgehead atoms. The van der Waals surface area contributed by atoms with Crippen LogP contribution in [0.3, 0.4) is 0 Å². The van der Waals surface area contributed by atoms with Gasteiger partial charge in [0.1, 0.15) is 6.33 Å². The number of amides is 1. The van der Waals surface area contributed by atoms with Crippen molar-refractivity contribution in [1.82, 2.24) is 30.5 Å². The van der Waals surface area contributed by atoms with E-state index in [9.17, 15) is 4.79 Å². The number of hydrogen-bond acceptors (Lipinski definition) is 5. The maximum absolute atomic E-state index is 12.6. The molecule has 0 fully saturated rings. The van der Waals surface area contributed by atoms with E-state index in [-0.39, 0.29) is 5.91 Å². The van der Waals surface area contributed by atoms with Gasteiger partial charge in [0.05, 0.1) is 11.3 Å². The fraction of sp³-hybridized carbons (Fsp3) is 0.235. The number of carbonyl (C=O) groups is 1. The third kappa shape index (κ3) is 3.29. The number of tetrazole rings is 1. The van der Waals surface area contributed by atoms with E-state index in [1.54, 1.807) is 12.3 Å². The van der Waals surface area contributed by atoms with Crippen LogP contribution < -0.4 is 5.32 Å². The zero-order valence-electron chi connectivity index (χ0n) is 13.6. The van der Waals surface area contributed by atoms with E-state index in [0.717, 1.165) is 16.8 Å². The molecule has 122 valence electrons. The molecule has 1 amide bonds. The van der Waals surface area contributed by atoms with E-state index in [1.807, 2.05) is 38.1 Å². The number of aryl methyl sites for hydroxylation is 1. The van der Waals surface area contributed by atoms with Crippen molar-refractivity contribution >= 4 is 5.91 Å². The first-order valence-electron chi connectivity index (χ1n) is 7.68. The quantitative estimate of drug-likeness (QED) is 0.772. The lowest BCUT2D eigenvalue weighted by Gasteiger charge is -2.14. The van der Waals surface area contributed by atoms with Gasteiger partial charge >= 0.3 is 0 Å². The fourth-order valence-corrected chi connectivity index (χ4v) is 2.49. The Morgan fingerprint density at radius 2 is 2.08 bits per heavy atom. The highest BCUT2D eigenvalue weighted by Crippen LogP contribution is 2.21. The van der Waals surface area contributed by atoms with Gasteiger partial charge in [0.2, 0.25) is 0 Å². The van der Waals surface area contributed by atoms with E-state index in [4.69, 9.17) is 0 Å². The molecule has 0 aliphatic rings. The van der Waals surface area contributed by atoms with Gasteiger partial charge in [0.15, 0.2) is 0 Å². The van der Waals surface area contributed by atoms with Gasteiger partial charge in [0.25, 0.3) is 5.91 Å². The average molecular weight is 322 g/mol. The molecule has 0 radical (unpaired) electrons. The molecular formula is C17H18N6O. The summed E-state index contributed by atoms with van der Waals surface area (Å²) >= 11 is 0. The standard InChI is InChI=1S/C17H18N6O/c1-12-6-7-15(16(13(12)2)23-11-20-21-22-23)17(24)19-10-8-14-5-3-4-9-18-14/h3-7,9,11H,8,10H2,1-2H3,(H,19,24).